The molecule has 7 heteroatoms. The van der Waals surface area contributed by atoms with Crippen molar-refractivity contribution >= 4 is 5.97 Å². The number of esters is 1. The van der Waals surface area contributed by atoms with Gasteiger partial charge in [-0.25, -0.2) is 4.79 Å². The van der Waals surface area contributed by atoms with Gasteiger partial charge in [-0.1, -0.05) is 80.6 Å². The van der Waals surface area contributed by atoms with Crippen LogP contribution in [-0.4, -0.2) is 65.3 Å². The Kier molecular flexibility index (Phi) is 12.1. The van der Waals surface area contributed by atoms with Gasteiger partial charge in [-0.2, -0.15) is 0 Å². The Morgan fingerprint density at radius 3 is 1.95 bits per heavy atom. The fourth-order valence-electron chi connectivity index (χ4n) is 4.14. The SMILES string of the molecule is CCC(Oc1ccccc1)C(=O)OC[C@H](CC)N(C[C@H](O)COc1ccccc1)[C@H](O)Cc1ccccc1. The molecule has 3 rings (SSSR count). The van der Waals surface area contributed by atoms with Crippen LogP contribution in [0.3, 0.4) is 0 Å². The topological polar surface area (TPSA) is 88.5 Å². The maximum Gasteiger partial charge on any atom is 0.347 e. The Hall–Kier alpha value is -3.39. The van der Waals surface area contributed by atoms with Crippen molar-refractivity contribution in [3.05, 3.63) is 96.6 Å². The van der Waals surface area contributed by atoms with Gasteiger partial charge in [-0.15, -0.1) is 0 Å². The highest BCUT2D eigenvalue weighted by Crippen LogP contribution is 2.17. The van der Waals surface area contributed by atoms with Gasteiger partial charge in [0.05, 0.1) is 0 Å². The van der Waals surface area contributed by atoms with Gasteiger partial charge in [0.25, 0.3) is 0 Å². The predicted molar refractivity (Wildman–Crippen MR) is 147 cm³/mol. The fraction of sp³-hybridized carbons (Fsp3) is 0.387. The molecule has 0 bridgehead atoms. The number of benzene rings is 3. The third-order valence-electron chi connectivity index (χ3n) is 6.26. The summed E-state index contributed by atoms with van der Waals surface area (Å²) in [6.07, 6.45) is -1.07. The van der Waals surface area contributed by atoms with E-state index in [-0.39, 0.29) is 25.8 Å². The zero-order valence-electron chi connectivity index (χ0n) is 22.2. The lowest BCUT2D eigenvalue weighted by molar-refractivity contribution is -0.156. The first kappa shape index (κ1) is 29.2. The molecular weight excluding hydrogens is 482 g/mol. The van der Waals surface area contributed by atoms with Crippen molar-refractivity contribution in [2.45, 2.75) is 57.6 Å². The molecule has 0 saturated heterocycles. The largest absolute Gasteiger partial charge is 0.491 e. The van der Waals surface area contributed by atoms with Crippen LogP contribution >= 0.6 is 0 Å². The van der Waals surface area contributed by atoms with Crippen LogP contribution in [0.1, 0.15) is 32.3 Å². The minimum atomic E-state index is -0.894. The molecule has 0 spiro atoms. The minimum Gasteiger partial charge on any atom is -0.491 e. The molecule has 0 amide bonds. The average molecular weight is 522 g/mol. The molecule has 0 aliphatic rings. The van der Waals surface area contributed by atoms with E-state index in [9.17, 15) is 15.0 Å². The molecule has 0 saturated carbocycles. The van der Waals surface area contributed by atoms with E-state index in [1.807, 2.05) is 92.7 Å². The summed E-state index contributed by atoms with van der Waals surface area (Å²) in [4.78, 5) is 14.7. The summed E-state index contributed by atoms with van der Waals surface area (Å²) in [5.41, 5.74) is 0.967. The van der Waals surface area contributed by atoms with Crippen LogP contribution in [-0.2, 0) is 16.0 Å². The first-order valence-electron chi connectivity index (χ1n) is 13.2. The van der Waals surface area contributed by atoms with Crippen LogP contribution in [0.5, 0.6) is 11.5 Å². The van der Waals surface area contributed by atoms with E-state index in [0.29, 0.717) is 30.8 Å². The normalized spacial score (nSPS) is 14.3. The second-order valence-corrected chi connectivity index (χ2v) is 9.16. The van der Waals surface area contributed by atoms with Crippen molar-refractivity contribution in [2.24, 2.45) is 0 Å². The zero-order chi connectivity index (χ0) is 27.2. The first-order chi connectivity index (χ1) is 18.5. The third kappa shape index (κ3) is 9.49. The molecule has 1 unspecified atom stereocenters. The number of carbonyl (C=O) groups is 1. The lowest BCUT2D eigenvalue weighted by Crippen LogP contribution is -2.51. The summed E-state index contributed by atoms with van der Waals surface area (Å²) in [6.45, 7) is 4.10. The molecule has 0 radical (unpaired) electrons. The van der Waals surface area contributed by atoms with Crippen molar-refractivity contribution in [1.29, 1.82) is 0 Å². The number of hydrogen-bond donors (Lipinski definition) is 2. The number of ether oxygens (including phenoxy) is 3. The van der Waals surface area contributed by atoms with E-state index in [2.05, 4.69) is 0 Å². The molecular formula is C31H39NO6. The van der Waals surface area contributed by atoms with E-state index in [0.717, 1.165) is 5.56 Å². The Bertz CT molecular complexity index is 1050. The molecule has 3 aromatic carbocycles. The molecule has 0 aromatic heterocycles. The highest BCUT2D eigenvalue weighted by atomic mass is 16.6. The Balaban J connectivity index is 1.65. The summed E-state index contributed by atoms with van der Waals surface area (Å²) in [7, 11) is 0. The Labute approximate surface area is 225 Å². The van der Waals surface area contributed by atoms with E-state index >= 15 is 0 Å². The summed E-state index contributed by atoms with van der Waals surface area (Å²) in [5, 5.41) is 22.0. The number of para-hydroxylation sites is 2. The van der Waals surface area contributed by atoms with E-state index in [1.54, 1.807) is 17.0 Å². The molecule has 0 heterocycles. The molecule has 204 valence electrons. The average Bonchev–Trinajstić information content (AvgIpc) is 2.96. The van der Waals surface area contributed by atoms with Gasteiger partial charge >= 0.3 is 5.97 Å². The monoisotopic (exact) mass is 521 g/mol. The third-order valence-corrected chi connectivity index (χ3v) is 6.26. The van der Waals surface area contributed by atoms with Gasteiger partial charge in [0.2, 0.25) is 0 Å². The number of aliphatic hydroxyl groups excluding tert-OH is 2. The van der Waals surface area contributed by atoms with Gasteiger partial charge in [-0.3, -0.25) is 4.90 Å². The van der Waals surface area contributed by atoms with E-state index in [1.165, 1.54) is 0 Å². The van der Waals surface area contributed by atoms with Gasteiger partial charge in [0, 0.05) is 19.0 Å². The summed E-state index contributed by atoms with van der Waals surface area (Å²) in [6, 6.07) is 27.8. The smallest absolute Gasteiger partial charge is 0.347 e. The number of rotatable bonds is 16. The quantitative estimate of drug-likeness (QED) is 0.212. The second kappa shape index (κ2) is 15.8. The van der Waals surface area contributed by atoms with Crippen molar-refractivity contribution in [3.63, 3.8) is 0 Å². The van der Waals surface area contributed by atoms with Crippen LogP contribution in [0.25, 0.3) is 0 Å². The summed E-state index contributed by atoms with van der Waals surface area (Å²) in [5.74, 6) is 0.804. The van der Waals surface area contributed by atoms with Crippen molar-refractivity contribution in [3.8, 4) is 11.5 Å². The van der Waals surface area contributed by atoms with Gasteiger partial charge < -0.3 is 24.4 Å². The van der Waals surface area contributed by atoms with Crippen LogP contribution in [0.4, 0.5) is 0 Å². The number of aliphatic hydroxyl groups is 2. The van der Waals surface area contributed by atoms with E-state index < -0.39 is 24.4 Å². The molecule has 0 aliphatic heterocycles. The zero-order valence-corrected chi connectivity index (χ0v) is 22.2. The van der Waals surface area contributed by atoms with Crippen LogP contribution < -0.4 is 9.47 Å². The number of carbonyl (C=O) groups excluding carboxylic acids is 1. The molecule has 4 atom stereocenters. The molecule has 0 fully saturated rings. The summed E-state index contributed by atoms with van der Waals surface area (Å²) >= 11 is 0. The van der Waals surface area contributed by atoms with Crippen molar-refractivity contribution in [2.75, 3.05) is 19.8 Å². The lowest BCUT2D eigenvalue weighted by atomic mass is 10.1. The lowest BCUT2D eigenvalue weighted by Gasteiger charge is -2.36. The highest BCUT2D eigenvalue weighted by Gasteiger charge is 2.29. The van der Waals surface area contributed by atoms with E-state index in [4.69, 9.17) is 14.2 Å². The van der Waals surface area contributed by atoms with Gasteiger partial charge in [0.1, 0.15) is 37.0 Å². The number of nitrogens with zero attached hydrogens (tertiary/aromatic N) is 1. The molecule has 7 nitrogen and oxygen atoms in total. The standard InChI is InChI=1S/C31H39NO6/c1-3-25(22-37-31(35)29(4-2)38-28-18-12-7-13-19-28)32(30(34)20-24-14-8-5-9-15-24)21-26(33)23-36-27-16-10-6-11-17-27/h5-19,25-26,29-30,33-34H,3-4,20-23H2,1-2H3/t25-,26-,29?,30+/m0/s1. The molecule has 2 N–H and O–H groups in total. The van der Waals surface area contributed by atoms with Crippen LogP contribution in [0.2, 0.25) is 0 Å². The predicted octanol–water partition coefficient (Wildman–Crippen LogP) is 4.47. The van der Waals surface area contributed by atoms with Crippen LogP contribution in [0.15, 0.2) is 91.0 Å². The van der Waals surface area contributed by atoms with Crippen molar-refractivity contribution < 1.29 is 29.2 Å². The molecule has 3 aromatic rings. The van der Waals surface area contributed by atoms with Crippen molar-refractivity contribution in [1.82, 2.24) is 4.90 Å². The molecule has 38 heavy (non-hydrogen) atoms. The Morgan fingerprint density at radius 2 is 1.37 bits per heavy atom. The fourth-order valence-corrected chi connectivity index (χ4v) is 4.14. The first-order valence-corrected chi connectivity index (χ1v) is 13.2. The maximum atomic E-state index is 12.9. The Morgan fingerprint density at radius 1 is 0.789 bits per heavy atom. The van der Waals surface area contributed by atoms with Gasteiger partial charge in [0.15, 0.2) is 6.10 Å². The number of hydrogen-bond acceptors (Lipinski definition) is 7. The minimum absolute atomic E-state index is 0.0576. The molecule has 0 aliphatic carbocycles. The highest BCUT2D eigenvalue weighted by molar-refractivity contribution is 5.75. The second-order valence-electron chi connectivity index (χ2n) is 9.16. The maximum absolute atomic E-state index is 12.9. The summed E-state index contributed by atoms with van der Waals surface area (Å²) < 4.78 is 17.2. The van der Waals surface area contributed by atoms with Gasteiger partial charge in [-0.05, 0) is 42.7 Å². The van der Waals surface area contributed by atoms with Crippen LogP contribution in [0, 0.1) is 0 Å².